The SMILES string of the molecule is CC(C)(C)[Si](C)(C)OC[C@H]1O[C@@H](n2cnc3c(NCc4cccc(I)c4)ncnc32)[C@H](O[Si](C)(C)C(C)(C)C)[C@@H]1NC(=O)NC(=O)CCl. The number of carbonyl (C=O) groups excluding carboxylic acids is 2. The Morgan fingerprint density at radius 2 is 1.73 bits per heavy atom. The number of alkyl halides is 1. The van der Waals surface area contributed by atoms with Crippen LogP contribution in [-0.4, -0.2) is 78.8 Å². The standard InChI is InChI=1S/C32H49ClIN7O5Si2/c1-31(2,3)47(7,8)44-17-22-24(40-30(43)39-23(42)15-33)26(46-48(9,10)32(4,5)6)29(45-22)41-19-38-25-27(36-18-37-28(25)41)35-16-20-12-11-13-21(34)14-20/h11-14,18-19,22,24,26,29H,15-17H2,1-10H3,(H,35,36,37)(H2,39,40,42,43)/t22-,24-,26-,29-/m1/s1. The minimum atomic E-state index is -2.46. The first-order valence-electron chi connectivity index (χ1n) is 16.0. The van der Waals surface area contributed by atoms with E-state index in [9.17, 15) is 9.59 Å². The summed E-state index contributed by atoms with van der Waals surface area (Å²) in [7, 11) is -4.67. The summed E-state index contributed by atoms with van der Waals surface area (Å²) in [6.07, 6.45) is 1.15. The summed E-state index contributed by atoms with van der Waals surface area (Å²) >= 11 is 7.99. The van der Waals surface area contributed by atoms with Gasteiger partial charge in [-0.2, -0.15) is 0 Å². The fraction of sp³-hybridized carbons (Fsp3) is 0.594. The minimum Gasteiger partial charge on any atom is -0.414 e. The van der Waals surface area contributed by atoms with E-state index >= 15 is 0 Å². The van der Waals surface area contributed by atoms with Gasteiger partial charge in [0.1, 0.15) is 24.4 Å². The van der Waals surface area contributed by atoms with Crippen molar-refractivity contribution in [2.45, 2.75) is 109 Å². The summed E-state index contributed by atoms with van der Waals surface area (Å²) in [6, 6.07) is 6.85. The summed E-state index contributed by atoms with van der Waals surface area (Å²) in [5.41, 5.74) is 2.24. The number of aromatic nitrogens is 4. The molecule has 0 unspecified atom stereocenters. The molecule has 3 heterocycles. The molecular formula is C32H49ClIN7O5Si2. The van der Waals surface area contributed by atoms with Gasteiger partial charge >= 0.3 is 6.03 Å². The largest absolute Gasteiger partial charge is 0.414 e. The van der Waals surface area contributed by atoms with E-state index in [2.05, 4.69) is 128 Å². The van der Waals surface area contributed by atoms with Gasteiger partial charge in [-0.05, 0) is 76.6 Å². The quantitative estimate of drug-likeness (QED) is 0.108. The minimum absolute atomic E-state index is 0.0476. The second kappa shape index (κ2) is 15.0. The van der Waals surface area contributed by atoms with Crippen molar-refractivity contribution >= 4 is 79.7 Å². The van der Waals surface area contributed by atoms with Crippen molar-refractivity contribution in [3.05, 3.63) is 46.1 Å². The molecule has 264 valence electrons. The molecule has 0 spiro atoms. The lowest BCUT2D eigenvalue weighted by Gasteiger charge is -2.41. The van der Waals surface area contributed by atoms with E-state index in [1.807, 2.05) is 16.7 Å². The van der Waals surface area contributed by atoms with Gasteiger partial charge in [-0.3, -0.25) is 14.7 Å². The fourth-order valence-electron chi connectivity index (χ4n) is 4.78. The lowest BCUT2D eigenvalue weighted by atomic mass is 10.1. The lowest BCUT2D eigenvalue weighted by molar-refractivity contribution is -0.117. The normalized spacial score (nSPS) is 20.6. The van der Waals surface area contributed by atoms with E-state index in [1.165, 1.54) is 6.33 Å². The summed E-state index contributed by atoms with van der Waals surface area (Å²) in [4.78, 5) is 39.0. The Morgan fingerprint density at radius 3 is 2.35 bits per heavy atom. The Bertz CT molecular complexity index is 1610. The van der Waals surface area contributed by atoms with Gasteiger partial charge in [0, 0.05) is 10.1 Å². The van der Waals surface area contributed by atoms with Crippen molar-refractivity contribution in [1.29, 1.82) is 0 Å². The molecule has 48 heavy (non-hydrogen) atoms. The third-order valence-corrected chi connectivity index (χ3v) is 19.5. The fourth-order valence-corrected chi connectivity index (χ4v) is 7.76. The molecule has 3 amide bonds. The number of hydrogen-bond acceptors (Lipinski definition) is 9. The number of nitrogens with one attached hydrogen (secondary N) is 3. The number of imidazole rings is 1. The maximum Gasteiger partial charge on any atom is 0.321 e. The van der Waals surface area contributed by atoms with Crippen molar-refractivity contribution in [3.63, 3.8) is 0 Å². The second-order valence-electron chi connectivity index (χ2n) is 15.2. The number of anilines is 1. The molecule has 3 aromatic rings. The van der Waals surface area contributed by atoms with E-state index in [0.29, 0.717) is 23.5 Å². The lowest BCUT2D eigenvalue weighted by Crippen LogP contribution is -2.57. The third kappa shape index (κ3) is 8.95. The first-order valence-corrected chi connectivity index (χ1v) is 23.5. The third-order valence-electron chi connectivity index (χ3n) is 9.66. The predicted octanol–water partition coefficient (Wildman–Crippen LogP) is 6.79. The zero-order valence-electron chi connectivity index (χ0n) is 29.5. The highest BCUT2D eigenvalue weighted by Crippen LogP contribution is 2.43. The average Bonchev–Trinajstić information content (AvgIpc) is 3.55. The average molecular weight is 830 g/mol. The molecule has 0 bridgehead atoms. The first-order chi connectivity index (χ1) is 22.2. The number of hydrogen-bond donors (Lipinski definition) is 3. The van der Waals surface area contributed by atoms with E-state index < -0.39 is 53.1 Å². The van der Waals surface area contributed by atoms with Crippen LogP contribution in [0, 0.1) is 3.57 Å². The number of rotatable bonds is 11. The molecule has 1 aliphatic heterocycles. The molecule has 4 atom stereocenters. The highest BCUT2D eigenvalue weighted by Gasteiger charge is 2.52. The number of benzene rings is 1. The molecule has 1 fully saturated rings. The molecule has 1 aromatic carbocycles. The molecule has 0 saturated carbocycles. The Kier molecular flexibility index (Phi) is 12.1. The summed E-state index contributed by atoms with van der Waals surface area (Å²) < 4.78 is 23.5. The van der Waals surface area contributed by atoms with Crippen LogP contribution in [0.5, 0.6) is 0 Å². The first kappa shape index (κ1) is 38.6. The van der Waals surface area contributed by atoms with Crippen LogP contribution < -0.4 is 16.0 Å². The molecule has 0 radical (unpaired) electrons. The van der Waals surface area contributed by atoms with Crippen molar-refractivity contribution in [2.24, 2.45) is 0 Å². The molecule has 2 aromatic heterocycles. The van der Waals surface area contributed by atoms with Crippen LogP contribution in [-0.2, 0) is 24.9 Å². The highest BCUT2D eigenvalue weighted by molar-refractivity contribution is 14.1. The summed E-state index contributed by atoms with van der Waals surface area (Å²) in [5, 5.41) is 8.49. The molecule has 3 N–H and O–H groups in total. The number of urea groups is 1. The van der Waals surface area contributed by atoms with Crippen LogP contribution in [0.25, 0.3) is 11.2 Å². The van der Waals surface area contributed by atoms with Gasteiger partial charge in [0.05, 0.1) is 19.0 Å². The van der Waals surface area contributed by atoms with E-state index in [-0.39, 0.29) is 22.6 Å². The van der Waals surface area contributed by atoms with Crippen molar-refractivity contribution in [2.75, 3.05) is 17.8 Å². The second-order valence-corrected chi connectivity index (χ2v) is 26.3. The van der Waals surface area contributed by atoms with Crippen LogP contribution in [0.4, 0.5) is 10.6 Å². The molecule has 0 aliphatic carbocycles. The molecule has 12 nitrogen and oxygen atoms in total. The predicted molar refractivity (Wildman–Crippen MR) is 202 cm³/mol. The number of carbonyl (C=O) groups is 2. The summed E-state index contributed by atoms with van der Waals surface area (Å²) in [5.74, 6) is -0.369. The zero-order chi connectivity index (χ0) is 35.7. The number of halogens is 2. The Balaban J connectivity index is 1.75. The van der Waals surface area contributed by atoms with Gasteiger partial charge in [0.15, 0.2) is 39.8 Å². The maximum atomic E-state index is 13.2. The Hall–Kier alpha value is -2.16. The van der Waals surface area contributed by atoms with Crippen LogP contribution >= 0.6 is 34.2 Å². The van der Waals surface area contributed by atoms with Crippen LogP contribution in [0.1, 0.15) is 53.3 Å². The molecule has 1 aliphatic rings. The topological polar surface area (TPSA) is 142 Å². The number of ether oxygens (including phenoxy) is 1. The molecule has 16 heteroatoms. The van der Waals surface area contributed by atoms with Gasteiger partial charge in [0.2, 0.25) is 5.91 Å². The van der Waals surface area contributed by atoms with Gasteiger partial charge in [-0.1, -0.05) is 53.7 Å². The smallest absolute Gasteiger partial charge is 0.321 e. The van der Waals surface area contributed by atoms with Crippen LogP contribution in [0.3, 0.4) is 0 Å². The van der Waals surface area contributed by atoms with Gasteiger partial charge in [-0.15, -0.1) is 11.6 Å². The number of nitrogens with zero attached hydrogens (tertiary/aromatic N) is 4. The van der Waals surface area contributed by atoms with Crippen molar-refractivity contribution in [3.8, 4) is 0 Å². The molecule has 4 rings (SSSR count). The number of fused-ring (bicyclic) bond motifs is 1. The van der Waals surface area contributed by atoms with Gasteiger partial charge in [-0.25, -0.2) is 19.7 Å². The van der Waals surface area contributed by atoms with E-state index in [0.717, 1.165) is 9.13 Å². The number of imide groups is 1. The van der Waals surface area contributed by atoms with Gasteiger partial charge in [0.25, 0.3) is 0 Å². The monoisotopic (exact) mass is 829 g/mol. The van der Waals surface area contributed by atoms with E-state index in [4.69, 9.17) is 30.2 Å². The molecule has 1 saturated heterocycles. The van der Waals surface area contributed by atoms with E-state index in [1.54, 1.807) is 6.33 Å². The zero-order valence-corrected chi connectivity index (χ0v) is 34.4. The maximum absolute atomic E-state index is 13.2. The Morgan fingerprint density at radius 1 is 1.04 bits per heavy atom. The number of amides is 3. The Labute approximate surface area is 304 Å². The van der Waals surface area contributed by atoms with Crippen molar-refractivity contribution < 1.29 is 23.2 Å². The van der Waals surface area contributed by atoms with Gasteiger partial charge < -0.3 is 24.2 Å². The van der Waals surface area contributed by atoms with Crippen LogP contribution in [0.15, 0.2) is 36.9 Å². The van der Waals surface area contributed by atoms with Crippen LogP contribution in [0.2, 0.25) is 36.3 Å². The molecular weight excluding hydrogens is 781 g/mol. The highest BCUT2D eigenvalue weighted by atomic mass is 127. The summed E-state index contributed by atoms with van der Waals surface area (Å²) in [6.45, 7) is 22.4. The van der Waals surface area contributed by atoms with Crippen molar-refractivity contribution in [1.82, 2.24) is 30.2 Å².